The van der Waals surface area contributed by atoms with Crippen molar-refractivity contribution in [2.24, 2.45) is 0 Å². The third kappa shape index (κ3) is 7.08. The molecule has 0 aromatic heterocycles. The summed E-state index contributed by atoms with van der Waals surface area (Å²) in [5.41, 5.74) is 1.07. The second-order valence-corrected chi connectivity index (χ2v) is 6.71. The van der Waals surface area contributed by atoms with Gasteiger partial charge in [0.05, 0.1) is 24.7 Å². The van der Waals surface area contributed by atoms with Gasteiger partial charge in [0.25, 0.3) is 5.69 Å². The van der Waals surface area contributed by atoms with Crippen molar-refractivity contribution in [1.82, 2.24) is 4.90 Å². The lowest BCUT2D eigenvalue weighted by Gasteiger charge is -2.17. The maximum absolute atomic E-state index is 12.2. The van der Waals surface area contributed by atoms with Gasteiger partial charge in [-0.3, -0.25) is 14.9 Å². The largest absolute Gasteiger partial charge is 0.496 e. The fraction of sp³-hybridized carbons (Fsp3) is 0.381. The standard InChI is InChI=1S/C21H27N3O5/c1-16-7-4-5-8-20(16)29-14-6-12-23(2)13-11-21(25)22-18-10-9-17(28-3)15-19(18)24(26)27/h4-5,7-10,15H,6,11-14H2,1-3H3,(H,22,25). The van der Waals surface area contributed by atoms with Crippen LogP contribution in [0, 0.1) is 17.0 Å². The maximum Gasteiger partial charge on any atom is 0.296 e. The Morgan fingerprint density at radius 1 is 1.21 bits per heavy atom. The number of hydrogen-bond acceptors (Lipinski definition) is 6. The molecule has 0 fully saturated rings. The summed E-state index contributed by atoms with van der Waals surface area (Å²) in [5, 5.41) is 13.8. The molecule has 0 aliphatic carbocycles. The molecule has 0 unspecified atom stereocenters. The van der Waals surface area contributed by atoms with E-state index in [0.29, 0.717) is 18.9 Å². The fourth-order valence-electron chi connectivity index (χ4n) is 2.75. The Kier molecular flexibility index (Phi) is 8.42. The van der Waals surface area contributed by atoms with Crippen LogP contribution in [0.25, 0.3) is 0 Å². The minimum atomic E-state index is -0.543. The van der Waals surface area contributed by atoms with Gasteiger partial charge in [0.2, 0.25) is 5.91 Å². The van der Waals surface area contributed by atoms with Crippen molar-refractivity contribution in [3.8, 4) is 11.5 Å². The van der Waals surface area contributed by atoms with E-state index >= 15 is 0 Å². The Bertz CT molecular complexity index is 841. The topological polar surface area (TPSA) is 93.9 Å². The fourth-order valence-corrected chi connectivity index (χ4v) is 2.75. The van der Waals surface area contributed by atoms with Crippen LogP contribution in [-0.4, -0.2) is 49.6 Å². The molecular weight excluding hydrogens is 374 g/mol. The Morgan fingerprint density at radius 2 is 1.97 bits per heavy atom. The Morgan fingerprint density at radius 3 is 2.66 bits per heavy atom. The van der Waals surface area contributed by atoms with Crippen LogP contribution in [0.1, 0.15) is 18.4 Å². The van der Waals surface area contributed by atoms with E-state index in [2.05, 4.69) is 5.32 Å². The van der Waals surface area contributed by atoms with Crippen molar-refractivity contribution in [1.29, 1.82) is 0 Å². The van der Waals surface area contributed by atoms with Crippen LogP contribution in [0.4, 0.5) is 11.4 Å². The van der Waals surface area contributed by atoms with E-state index in [0.717, 1.165) is 24.3 Å². The van der Waals surface area contributed by atoms with Gasteiger partial charge in [0.1, 0.15) is 17.2 Å². The van der Waals surface area contributed by atoms with Crippen molar-refractivity contribution < 1.29 is 19.2 Å². The van der Waals surface area contributed by atoms with Gasteiger partial charge in [-0.05, 0) is 44.2 Å². The maximum atomic E-state index is 12.2. The first-order valence-corrected chi connectivity index (χ1v) is 9.40. The van der Waals surface area contributed by atoms with E-state index in [4.69, 9.17) is 9.47 Å². The van der Waals surface area contributed by atoms with Gasteiger partial charge in [-0.1, -0.05) is 18.2 Å². The highest BCUT2D eigenvalue weighted by molar-refractivity contribution is 5.93. The van der Waals surface area contributed by atoms with Crippen LogP contribution in [0.15, 0.2) is 42.5 Å². The number of anilines is 1. The van der Waals surface area contributed by atoms with Crippen molar-refractivity contribution >= 4 is 17.3 Å². The number of nitrogens with one attached hydrogen (secondary N) is 1. The molecule has 0 aliphatic heterocycles. The second-order valence-electron chi connectivity index (χ2n) is 6.71. The van der Waals surface area contributed by atoms with Crippen molar-refractivity contribution in [2.75, 3.05) is 39.2 Å². The number of carbonyl (C=O) groups excluding carboxylic acids is 1. The molecule has 29 heavy (non-hydrogen) atoms. The lowest BCUT2D eigenvalue weighted by atomic mass is 10.2. The zero-order valence-corrected chi connectivity index (χ0v) is 17.0. The Balaban J connectivity index is 1.73. The summed E-state index contributed by atoms with van der Waals surface area (Å²) >= 11 is 0. The SMILES string of the molecule is COc1ccc(NC(=O)CCN(C)CCCOc2ccccc2C)c([N+](=O)[O-])c1. The van der Waals surface area contributed by atoms with Gasteiger partial charge >= 0.3 is 0 Å². The number of nitro groups is 1. The lowest BCUT2D eigenvalue weighted by molar-refractivity contribution is -0.384. The molecule has 2 aromatic carbocycles. The van der Waals surface area contributed by atoms with E-state index in [9.17, 15) is 14.9 Å². The van der Waals surface area contributed by atoms with Crippen molar-refractivity contribution in [3.05, 3.63) is 58.1 Å². The summed E-state index contributed by atoms with van der Waals surface area (Å²) in [5.74, 6) is 0.972. The average molecular weight is 401 g/mol. The zero-order valence-electron chi connectivity index (χ0n) is 17.0. The quantitative estimate of drug-likeness (QED) is 0.351. The number of carbonyl (C=O) groups is 1. The minimum absolute atomic E-state index is 0.162. The van der Waals surface area contributed by atoms with Gasteiger partial charge in [0.15, 0.2) is 0 Å². The summed E-state index contributed by atoms with van der Waals surface area (Å²) < 4.78 is 10.8. The first kappa shape index (κ1) is 22.2. The normalized spacial score (nSPS) is 10.6. The minimum Gasteiger partial charge on any atom is -0.496 e. The van der Waals surface area contributed by atoms with E-state index < -0.39 is 4.92 Å². The summed E-state index contributed by atoms with van der Waals surface area (Å²) in [6, 6.07) is 12.2. The van der Waals surface area contributed by atoms with Crippen LogP contribution in [0.5, 0.6) is 11.5 Å². The summed E-state index contributed by atoms with van der Waals surface area (Å²) in [4.78, 5) is 24.9. The molecule has 1 amide bonds. The smallest absolute Gasteiger partial charge is 0.296 e. The molecular formula is C21H27N3O5. The van der Waals surface area contributed by atoms with E-state index in [-0.39, 0.29) is 23.7 Å². The highest BCUT2D eigenvalue weighted by atomic mass is 16.6. The summed E-state index contributed by atoms with van der Waals surface area (Å²) in [6.45, 7) is 3.93. The molecule has 2 aromatic rings. The first-order valence-electron chi connectivity index (χ1n) is 9.40. The third-order valence-electron chi connectivity index (χ3n) is 4.43. The molecule has 8 heteroatoms. The van der Waals surface area contributed by atoms with Gasteiger partial charge in [0, 0.05) is 19.5 Å². The molecule has 0 radical (unpaired) electrons. The molecule has 0 saturated carbocycles. The summed E-state index contributed by atoms with van der Waals surface area (Å²) in [6.07, 6.45) is 1.06. The molecule has 156 valence electrons. The average Bonchev–Trinajstić information content (AvgIpc) is 2.71. The monoisotopic (exact) mass is 401 g/mol. The van der Waals surface area contributed by atoms with Gasteiger partial charge in [-0.2, -0.15) is 0 Å². The van der Waals surface area contributed by atoms with Crippen LogP contribution in [0.2, 0.25) is 0 Å². The zero-order chi connectivity index (χ0) is 21.2. The molecule has 2 rings (SSSR count). The number of rotatable bonds is 11. The number of methoxy groups -OCH3 is 1. The number of aryl methyl sites for hydroxylation is 1. The highest BCUT2D eigenvalue weighted by Crippen LogP contribution is 2.29. The predicted molar refractivity (Wildman–Crippen MR) is 112 cm³/mol. The first-order chi connectivity index (χ1) is 13.9. The van der Waals surface area contributed by atoms with Crippen LogP contribution in [0.3, 0.4) is 0 Å². The molecule has 0 heterocycles. The number of nitro benzene ring substituents is 1. The number of hydrogen-bond donors (Lipinski definition) is 1. The van der Waals surface area contributed by atoms with Crippen LogP contribution < -0.4 is 14.8 Å². The molecule has 0 saturated heterocycles. The van der Waals surface area contributed by atoms with Gasteiger partial charge in [-0.15, -0.1) is 0 Å². The predicted octanol–water partition coefficient (Wildman–Crippen LogP) is 3.64. The molecule has 0 atom stereocenters. The number of amides is 1. The lowest BCUT2D eigenvalue weighted by Crippen LogP contribution is -2.26. The molecule has 1 N–H and O–H groups in total. The number of ether oxygens (including phenoxy) is 2. The number of para-hydroxylation sites is 1. The Hall–Kier alpha value is -3.13. The van der Waals surface area contributed by atoms with E-state index in [1.807, 2.05) is 43.1 Å². The van der Waals surface area contributed by atoms with Gasteiger partial charge in [-0.25, -0.2) is 0 Å². The number of nitrogens with zero attached hydrogens (tertiary/aromatic N) is 2. The van der Waals surface area contributed by atoms with E-state index in [1.165, 1.54) is 19.2 Å². The van der Waals surface area contributed by atoms with Crippen molar-refractivity contribution in [3.63, 3.8) is 0 Å². The van der Waals surface area contributed by atoms with Gasteiger partial charge < -0.3 is 19.7 Å². The molecule has 0 aliphatic rings. The molecule has 8 nitrogen and oxygen atoms in total. The summed E-state index contributed by atoms with van der Waals surface area (Å²) in [7, 11) is 3.36. The van der Waals surface area contributed by atoms with Crippen molar-refractivity contribution in [2.45, 2.75) is 19.8 Å². The second kappa shape index (κ2) is 11.0. The number of benzene rings is 2. The van der Waals surface area contributed by atoms with Crippen LogP contribution in [-0.2, 0) is 4.79 Å². The Labute approximate surface area is 170 Å². The van der Waals surface area contributed by atoms with E-state index in [1.54, 1.807) is 6.07 Å². The van der Waals surface area contributed by atoms with Crippen LogP contribution >= 0.6 is 0 Å². The molecule has 0 bridgehead atoms. The molecule has 0 spiro atoms. The third-order valence-corrected chi connectivity index (χ3v) is 4.43. The highest BCUT2D eigenvalue weighted by Gasteiger charge is 2.17.